The van der Waals surface area contributed by atoms with Crippen LogP contribution < -0.4 is 0 Å². The van der Waals surface area contributed by atoms with Crippen LogP contribution in [0.3, 0.4) is 0 Å². The molecule has 0 aliphatic heterocycles. The first-order valence-electron chi connectivity index (χ1n) is 7.82. The monoisotopic (exact) mass is 449 g/mol. The third kappa shape index (κ3) is 2.14. The molecule has 0 aromatic heterocycles. The molecule has 0 saturated carbocycles. The average Bonchev–Trinajstić information content (AvgIpc) is 2.91. The van der Waals surface area contributed by atoms with E-state index in [-0.39, 0.29) is 0 Å². The van der Waals surface area contributed by atoms with E-state index < -0.39 is 0 Å². The van der Waals surface area contributed by atoms with E-state index in [1.807, 2.05) is 0 Å². The van der Waals surface area contributed by atoms with Gasteiger partial charge in [0, 0.05) is 0 Å². The molecule has 1 unspecified atom stereocenters. The normalized spacial score (nSPS) is 16.5. The Morgan fingerprint density at radius 2 is 1.59 bits per heavy atom. The van der Waals surface area contributed by atoms with E-state index in [4.69, 9.17) is 0 Å². The van der Waals surface area contributed by atoms with Gasteiger partial charge < -0.3 is 0 Å². The van der Waals surface area contributed by atoms with Gasteiger partial charge in [0.2, 0.25) is 0 Å². The fraction of sp³-hybridized carbons (Fsp3) is 0.143. The molecule has 22 heavy (non-hydrogen) atoms. The Hall–Kier alpha value is -1.47. The molecule has 0 heterocycles. The summed E-state index contributed by atoms with van der Waals surface area (Å²) >= 11 is 1.20. The van der Waals surface area contributed by atoms with Gasteiger partial charge in [-0.2, -0.15) is 0 Å². The van der Waals surface area contributed by atoms with Gasteiger partial charge in [0.1, 0.15) is 0 Å². The van der Waals surface area contributed by atoms with Gasteiger partial charge in [-0.15, -0.1) is 0 Å². The number of benzene rings is 3. The molecule has 4 rings (SSSR count). The number of rotatable bonds is 2. The SMILES string of the molecule is CCC1=Cc2c(-c3cccc4ccccc34)cccc2[CH]1[Hf]. The Morgan fingerprint density at radius 1 is 0.864 bits per heavy atom. The zero-order valence-corrected chi connectivity index (χ0v) is 16.2. The maximum atomic E-state index is 2.45. The summed E-state index contributed by atoms with van der Waals surface area (Å²) in [4.78, 5) is 0. The molecule has 1 heteroatoms. The van der Waals surface area contributed by atoms with Crippen molar-refractivity contribution in [3.63, 3.8) is 0 Å². The Morgan fingerprint density at radius 3 is 2.45 bits per heavy atom. The van der Waals surface area contributed by atoms with Gasteiger partial charge in [-0.1, -0.05) is 0 Å². The standard InChI is InChI=1S/C21H17.Hf/c1-2-15-13-17-9-6-12-20(21(17)14-15)19-11-5-8-16-7-3-4-10-18(16)19;/h3-14H,2H2,1H3;. The zero-order chi connectivity index (χ0) is 15.1. The third-order valence-corrected chi connectivity index (χ3v) is 7.09. The van der Waals surface area contributed by atoms with Crippen LogP contribution in [0.1, 0.15) is 28.1 Å². The van der Waals surface area contributed by atoms with Crippen molar-refractivity contribution < 1.29 is 24.4 Å². The van der Waals surface area contributed by atoms with Gasteiger partial charge >= 0.3 is 147 Å². The molecule has 1 aliphatic rings. The zero-order valence-electron chi connectivity index (χ0n) is 12.6. The van der Waals surface area contributed by atoms with Crippen LogP contribution in [0, 0.1) is 0 Å². The molecule has 105 valence electrons. The van der Waals surface area contributed by atoms with Gasteiger partial charge in [0.15, 0.2) is 0 Å². The molecule has 0 bridgehead atoms. The molecule has 0 radical (unpaired) electrons. The first-order chi connectivity index (χ1) is 10.8. The van der Waals surface area contributed by atoms with Crippen molar-refractivity contribution in [2.75, 3.05) is 0 Å². The Balaban J connectivity index is 2.00. The van der Waals surface area contributed by atoms with E-state index in [1.165, 1.54) is 57.4 Å². The summed E-state index contributed by atoms with van der Waals surface area (Å²) in [7, 11) is 0. The topological polar surface area (TPSA) is 0 Å². The van der Waals surface area contributed by atoms with Crippen LogP contribution in [0.5, 0.6) is 0 Å². The van der Waals surface area contributed by atoms with Crippen LogP contribution in [0.25, 0.3) is 28.0 Å². The number of allylic oxidation sites excluding steroid dienone is 1. The third-order valence-electron chi connectivity index (χ3n) is 4.64. The maximum absolute atomic E-state index is 2.45. The Labute approximate surface area is 146 Å². The number of fused-ring (bicyclic) bond motifs is 2. The van der Waals surface area contributed by atoms with Crippen molar-refractivity contribution in [1.29, 1.82) is 0 Å². The van der Waals surface area contributed by atoms with Crippen molar-refractivity contribution in [3.05, 3.63) is 77.4 Å². The molecule has 0 nitrogen and oxygen atoms in total. The summed E-state index contributed by atoms with van der Waals surface area (Å²) in [5.74, 6) is 0. The first-order valence-corrected chi connectivity index (χ1v) is 9.89. The van der Waals surface area contributed by atoms with Gasteiger partial charge in [-0.25, -0.2) is 0 Å². The molecular formula is C21H17Hf. The van der Waals surface area contributed by atoms with Crippen LogP contribution in [0.2, 0.25) is 0 Å². The second kappa shape index (κ2) is 5.62. The summed E-state index contributed by atoms with van der Waals surface area (Å²) in [5, 5.41) is 2.67. The molecule has 0 N–H and O–H groups in total. The van der Waals surface area contributed by atoms with Crippen LogP contribution in [0.4, 0.5) is 0 Å². The molecular weight excluding hydrogens is 431 g/mol. The van der Waals surface area contributed by atoms with E-state index in [9.17, 15) is 0 Å². The van der Waals surface area contributed by atoms with E-state index in [0.29, 0.717) is 3.67 Å². The fourth-order valence-electron chi connectivity index (χ4n) is 3.47. The summed E-state index contributed by atoms with van der Waals surface area (Å²) in [5.41, 5.74) is 7.34. The van der Waals surface area contributed by atoms with Gasteiger partial charge in [0.05, 0.1) is 0 Å². The minimum atomic E-state index is 0.690. The first kappa shape index (κ1) is 14.1. The Bertz CT molecular complexity index is 884. The van der Waals surface area contributed by atoms with Crippen molar-refractivity contribution in [2.24, 2.45) is 0 Å². The van der Waals surface area contributed by atoms with Crippen molar-refractivity contribution in [1.82, 2.24) is 0 Å². The predicted octanol–water partition coefficient (Wildman–Crippen LogP) is 5.90. The predicted molar refractivity (Wildman–Crippen MR) is 90.4 cm³/mol. The fourth-order valence-corrected chi connectivity index (χ4v) is 5.40. The van der Waals surface area contributed by atoms with Crippen molar-refractivity contribution in [3.8, 4) is 11.1 Å². The van der Waals surface area contributed by atoms with E-state index in [2.05, 4.69) is 73.7 Å². The molecule has 0 amide bonds. The molecule has 1 aliphatic carbocycles. The molecule has 3 aromatic rings. The van der Waals surface area contributed by atoms with Gasteiger partial charge in [0.25, 0.3) is 0 Å². The van der Waals surface area contributed by atoms with Crippen molar-refractivity contribution >= 4 is 16.8 Å². The van der Waals surface area contributed by atoms with E-state index in [1.54, 1.807) is 5.57 Å². The number of hydrogen-bond acceptors (Lipinski definition) is 0. The summed E-state index contributed by atoms with van der Waals surface area (Å²) in [6, 6.07) is 22.2. The molecule has 0 saturated heterocycles. The Kier molecular flexibility index (Phi) is 3.62. The number of hydrogen-bond donors (Lipinski definition) is 0. The quantitative estimate of drug-likeness (QED) is 0.429. The summed E-state index contributed by atoms with van der Waals surface area (Å²) in [6.45, 7) is 2.28. The van der Waals surface area contributed by atoms with E-state index >= 15 is 0 Å². The van der Waals surface area contributed by atoms with Gasteiger partial charge in [-0.3, -0.25) is 0 Å². The molecule has 0 spiro atoms. The molecule has 3 aromatic carbocycles. The summed E-state index contributed by atoms with van der Waals surface area (Å²) in [6.07, 6.45) is 3.61. The van der Waals surface area contributed by atoms with Crippen molar-refractivity contribution in [2.45, 2.75) is 17.0 Å². The second-order valence-corrected chi connectivity index (χ2v) is 7.92. The molecule has 1 atom stereocenters. The van der Waals surface area contributed by atoms with Crippen LogP contribution in [0.15, 0.2) is 66.2 Å². The van der Waals surface area contributed by atoms with Crippen LogP contribution >= 0.6 is 0 Å². The summed E-state index contributed by atoms with van der Waals surface area (Å²) < 4.78 is 0.690. The van der Waals surface area contributed by atoms with Crippen LogP contribution in [-0.4, -0.2) is 0 Å². The minimum absolute atomic E-state index is 0.690. The van der Waals surface area contributed by atoms with Gasteiger partial charge in [-0.05, 0) is 0 Å². The average molecular weight is 448 g/mol. The van der Waals surface area contributed by atoms with E-state index in [0.717, 1.165) is 6.42 Å². The second-order valence-electron chi connectivity index (χ2n) is 5.84. The molecule has 0 fully saturated rings. The van der Waals surface area contributed by atoms with Crippen LogP contribution in [-0.2, 0) is 24.4 Å².